The fraction of sp³-hybridized carbons (Fsp3) is 0.158. The van der Waals surface area contributed by atoms with Gasteiger partial charge in [0.15, 0.2) is 11.6 Å². The Labute approximate surface area is 165 Å². The van der Waals surface area contributed by atoms with Gasteiger partial charge in [-0.2, -0.15) is 0 Å². The number of hydrogen-bond acceptors (Lipinski definition) is 6. The van der Waals surface area contributed by atoms with Crippen molar-refractivity contribution in [2.75, 3.05) is 0 Å². The first-order valence-corrected chi connectivity index (χ1v) is 8.87. The predicted molar refractivity (Wildman–Crippen MR) is 106 cm³/mol. The number of benzene rings is 2. The summed E-state index contributed by atoms with van der Waals surface area (Å²) < 4.78 is 0. The van der Waals surface area contributed by atoms with Gasteiger partial charge < -0.3 is 11.5 Å². The zero-order valence-electron chi connectivity index (χ0n) is 14.1. The molecule has 27 heavy (non-hydrogen) atoms. The number of Topliss-reactive ketones (excluding diaryl/α,β-unsaturated/α-hetero) is 2. The second kappa shape index (κ2) is 7.90. The molecule has 0 radical (unpaired) electrons. The normalized spacial score (nSPS) is 15.2. The molecule has 0 saturated heterocycles. The van der Waals surface area contributed by atoms with E-state index in [-0.39, 0.29) is 29.7 Å². The van der Waals surface area contributed by atoms with E-state index in [1.807, 2.05) is 0 Å². The Balaban J connectivity index is 1.92. The van der Waals surface area contributed by atoms with E-state index in [1.54, 1.807) is 48.5 Å². The van der Waals surface area contributed by atoms with Crippen LogP contribution in [0.25, 0.3) is 0 Å². The van der Waals surface area contributed by atoms with Gasteiger partial charge in [0.2, 0.25) is 0 Å². The molecule has 138 valence electrons. The number of hydrogen-bond donors (Lipinski definition) is 2. The van der Waals surface area contributed by atoms with Crippen LogP contribution in [0.1, 0.15) is 27.1 Å². The van der Waals surface area contributed by atoms with Gasteiger partial charge in [0.25, 0.3) is 0 Å². The summed E-state index contributed by atoms with van der Waals surface area (Å²) in [5.41, 5.74) is 12.6. The number of carbonyl (C=O) groups is 2. The van der Waals surface area contributed by atoms with Crippen LogP contribution in [0, 0.1) is 11.8 Å². The molecule has 6 nitrogen and oxygen atoms in total. The summed E-state index contributed by atoms with van der Waals surface area (Å²) in [6.45, 7) is 0. The molecule has 1 heterocycles. The van der Waals surface area contributed by atoms with Crippen molar-refractivity contribution >= 4 is 46.4 Å². The Hall–Kier alpha value is -2.70. The highest BCUT2D eigenvalue weighted by Gasteiger charge is 2.38. The number of nitrogens with zero attached hydrogens (tertiary/aromatic N) is 2. The average molecular weight is 403 g/mol. The summed E-state index contributed by atoms with van der Waals surface area (Å²) in [6, 6.07) is 12.9. The number of carbonyl (C=O) groups excluding carboxylic acids is 2. The van der Waals surface area contributed by atoms with Crippen LogP contribution in [0.15, 0.2) is 58.7 Å². The first-order chi connectivity index (χ1) is 12.9. The van der Waals surface area contributed by atoms with Crippen molar-refractivity contribution in [1.29, 1.82) is 0 Å². The number of halogens is 2. The molecule has 0 amide bonds. The number of ketones is 2. The lowest BCUT2D eigenvalue weighted by atomic mass is 9.80. The van der Waals surface area contributed by atoms with Gasteiger partial charge >= 0.3 is 0 Å². The zero-order chi connectivity index (χ0) is 19.6. The fourth-order valence-electron chi connectivity index (χ4n) is 2.95. The first-order valence-electron chi connectivity index (χ1n) is 8.11. The Morgan fingerprint density at radius 3 is 1.78 bits per heavy atom. The van der Waals surface area contributed by atoms with Crippen molar-refractivity contribution < 1.29 is 9.59 Å². The Kier molecular flexibility index (Phi) is 5.58. The SMILES string of the molecule is NC1=NN=C(N)C1C(CC(=O)c1ccc(Cl)cc1)C(=O)c1ccc(Cl)cc1. The molecule has 1 atom stereocenters. The molecule has 2 aromatic carbocycles. The van der Waals surface area contributed by atoms with Crippen molar-refractivity contribution in [2.24, 2.45) is 33.5 Å². The molecule has 2 aromatic rings. The lowest BCUT2D eigenvalue weighted by molar-refractivity contribution is 0.0843. The highest BCUT2D eigenvalue weighted by Crippen LogP contribution is 2.27. The fourth-order valence-corrected chi connectivity index (χ4v) is 3.20. The highest BCUT2D eigenvalue weighted by atomic mass is 35.5. The van der Waals surface area contributed by atoms with Crippen LogP contribution < -0.4 is 11.5 Å². The van der Waals surface area contributed by atoms with Gasteiger partial charge in [0.05, 0.1) is 5.92 Å². The van der Waals surface area contributed by atoms with Crippen LogP contribution in [-0.2, 0) is 0 Å². The molecule has 0 spiro atoms. The van der Waals surface area contributed by atoms with Gasteiger partial charge in [-0.3, -0.25) is 9.59 Å². The number of amidine groups is 2. The molecular formula is C19H16Cl2N4O2. The average Bonchev–Trinajstić information content (AvgIpc) is 2.98. The third-order valence-corrected chi connectivity index (χ3v) is 4.86. The second-order valence-electron chi connectivity index (χ2n) is 6.14. The van der Waals surface area contributed by atoms with Gasteiger partial charge in [-0.15, -0.1) is 10.2 Å². The molecule has 3 rings (SSSR count). The number of nitrogens with two attached hydrogens (primary N) is 2. The lowest BCUT2D eigenvalue weighted by Gasteiger charge is -2.22. The van der Waals surface area contributed by atoms with Gasteiger partial charge in [-0.25, -0.2) is 0 Å². The van der Waals surface area contributed by atoms with E-state index in [9.17, 15) is 9.59 Å². The van der Waals surface area contributed by atoms with Crippen LogP contribution in [0.5, 0.6) is 0 Å². The molecule has 8 heteroatoms. The van der Waals surface area contributed by atoms with Gasteiger partial charge in [0, 0.05) is 33.5 Å². The molecule has 0 aliphatic carbocycles. The minimum atomic E-state index is -0.829. The van der Waals surface area contributed by atoms with E-state index in [4.69, 9.17) is 34.7 Å². The Morgan fingerprint density at radius 1 is 0.852 bits per heavy atom. The van der Waals surface area contributed by atoms with Crippen molar-refractivity contribution in [3.8, 4) is 0 Å². The highest BCUT2D eigenvalue weighted by molar-refractivity contribution is 6.31. The zero-order valence-corrected chi connectivity index (χ0v) is 15.6. The molecule has 0 aromatic heterocycles. The molecule has 4 N–H and O–H groups in total. The quantitative estimate of drug-likeness (QED) is 0.721. The molecule has 0 saturated carbocycles. The predicted octanol–water partition coefficient (Wildman–Crippen LogP) is 3.32. The van der Waals surface area contributed by atoms with E-state index in [2.05, 4.69) is 10.2 Å². The second-order valence-corrected chi connectivity index (χ2v) is 7.01. The van der Waals surface area contributed by atoms with E-state index >= 15 is 0 Å². The van der Waals surface area contributed by atoms with E-state index < -0.39 is 11.8 Å². The van der Waals surface area contributed by atoms with Crippen LogP contribution in [0.4, 0.5) is 0 Å². The summed E-state index contributed by atoms with van der Waals surface area (Å²) in [6.07, 6.45) is -0.0970. The van der Waals surface area contributed by atoms with E-state index in [1.165, 1.54) is 0 Å². The molecule has 1 aliphatic heterocycles. The molecule has 0 bridgehead atoms. The van der Waals surface area contributed by atoms with Crippen molar-refractivity contribution in [3.63, 3.8) is 0 Å². The maximum atomic E-state index is 13.1. The van der Waals surface area contributed by atoms with Crippen molar-refractivity contribution in [2.45, 2.75) is 6.42 Å². The van der Waals surface area contributed by atoms with E-state index in [0.29, 0.717) is 21.2 Å². The molecule has 1 unspecified atom stereocenters. The van der Waals surface area contributed by atoms with Crippen LogP contribution in [-0.4, -0.2) is 23.2 Å². The van der Waals surface area contributed by atoms with E-state index in [0.717, 1.165) is 0 Å². The summed E-state index contributed by atoms with van der Waals surface area (Å²) >= 11 is 11.8. The van der Waals surface area contributed by atoms with Crippen LogP contribution >= 0.6 is 23.2 Å². The summed E-state index contributed by atoms with van der Waals surface area (Å²) in [5.74, 6) is -1.84. The maximum absolute atomic E-state index is 13.1. The smallest absolute Gasteiger partial charge is 0.167 e. The van der Waals surface area contributed by atoms with Crippen LogP contribution in [0.2, 0.25) is 10.0 Å². The summed E-state index contributed by atoms with van der Waals surface area (Å²) in [7, 11) is 0. The molecule has 0 fully saturated rings. The first kappa shape index (κ1) is 19.1. The van der Waals surface area contributed by atoms with Gasteiger partial charge in [0.1, 0.15) is 11.7 Å². The molecular weight excluding hydrogens is 387 g/mol. The minimum absolute atomic E-state index is 0.0970. The standard InChI is InChI=1S/C19H16Cl2N4O2/c20-12-5-1-10(2-6-12)15(26)9-14(16-18(22)24-25-19(16)23)17(27)11-3-7-13(21)8-4-11/h1-8,14,16H,9H2,(H2,22,24)(H2,23,25). The molecule has 1 aliphatic rings. The Bertz CT molecular complexity index is 919. The van der Waals surface area contributed by atoms with Gasteiger partial charge in [-0.1, -0.05) is 23.2 Å². The largest absolute Gasteiger partial charge is 0.385 e. The lowest BCUT2D eigenvalue weighted by Crippen LogP contribution is -2.41. The topological polar surface area (TPSA) is 111 Å². The summed E-state index contributed by atoms with van der Waals surface area (Å²) in [4.78, 5) is 25.9. The minimum Gasteiger partial charge on any atom is -0.385 e. The van der Waals surface area contributed by atoms with Crippen molar-refractivity contribution in [3.05, 3.63) is 69.7 Å². The van der Waals surface area contributed by atoms with Crippen molar-refractivity contribution in [1.82, 2.24) is 0 Å². The Morgan fingerprint density at radius 2 is 1.30 bits per heavy atom. The van der Waals surface area contributed by atoms with Gasteiger partial charge in [-0.05, 0) is 48.5 Å². The third kappa shape index (κ3) is 4.18. The third-order valence-electron chi connectivity index (χ3n) is 4.36. The monoisotopic (exact) mass is 402 g/mol. The number of rotatable bonds is 6. The van der Waals surface area contributed by atoms with Crippen LogP contribution in [0.3, 0.4) is 0 Å². The summed E-state index contributed by atoms with van der Waals surface area (Å²) in [5, 5.41) is 8.53. The maximum Gasteiger partial charge on any atom is 0.167 e.